The van der Waals surface area contributed by atoms with Crippen molar-refractivity contribution in [3.05, 3.63) is 0 Å². The maximum absolute atomic E-state index is 11.3. The molecule has 0 spiro atoms. The summed E-state index contributed by atoms with van der Waals surface area (Å²) >= 11 is 0. The van der Waals surface area contributed by atoms with Crippen LogP contribution in [0.5, 0.6) is 0 Å². The molecule has 0 aromatic heterocycles. The highest BCUT2D eigenvalue weighted by Crippen LogP contribution is 2.04. The molecular formula is C10H22N2O2. The molecule has 0 bridgehead atoms. The van der Waals surface area contributed by atoms with Gasteiger partial charge in [0.15, 0.2) is 0 Å². The number of nitrogens with zero attached hydrogens (tertiary/aromatic N) is 1. The smallest absolute Gasteiger partial charge is 0.252 e. The molecule has 0 heterocycles. The van der Waals surface area contributed by atoms with Crippen molar-refractivity contribution < 1.29 is 9.90 Å². The van der Waals surface area contributed by atoms with Crippen LogP contribution in [-0.4, -0.2) is 42.2 Å². The standard InChI is InChI=1S/C10H22N2O2/c1-8(2)5-4-6-12(3)10(14)9(13)7-11/h8-9,13H,4-7,11H2,1-3H3. The third-order valence-electron chi connectivity index (χ3n) is 2.16. The molecule has 0 saturated heterocycles. The maximum Gasteiger partial charge on any atom is 0.252 e. The van der Waals surface area contributed by atoms with E-state index >= 15 is 0 Å². The molecule has 0 aliphatic rings. The number of carbonyl (C=O) groups is 1. The Balaban J connectivity index is 3.73. The Morgan fingerprint density at radius 1 is 1.50 bits per heavy atom. The van der Waals surface area contributed by atoms with Gasteiger partial charge in [-0.3, -0.25) is 4.79 Å². The average molecular weight is 202 g/mol. The number of aliphatic hydroxyl groups is 1. The van der Waals surface area contributed by atoms with Gasteiger partial charge in [-0.25, -0.2) is 0 Å². The minimum Gasteiger partial charge on any atom is -0.382 e. The predicted octanol–water partition coefficient (Wildman–Crippen LogP) is 0.201. The first-order valence-electron chi connectivity index (χ1n) is 5.12. The first-order chi connectivity index (χ1) is 6.49. The van der Waals surface area contributed by atoms with Gasteiger partial charge < -0.3 is 15.7 Å². The molecule has 14 heavy (non-hydrogen) atoms. The Morgan fingerprint density at radius 3 is 2.50 bits per heavy atom. The first-order valence-corrected chi connectivity index (χ1v) is 5.12. The van der Waals surface area contributed by atoms with Crippen LogP contribution in [0.15, 0.2) is 0 Å². The number of aliphatic hydroxyl groups excluding tert-OH is 1. The highest BCUT2D eigenvalue weighted by Gasteiger charge is 2.16. The van der Waals surface area contributed by atoms with E-state index in [2.05, 4.69) is 13.8 Å². The van der Waals surface area contributed by atoms with Crippen LogP contribution in [0.25, 0.3) is 0 Å². The average Bonchev–Trinajstić information content (AvgIpc) is 2.14. The normalized spacial score (nSPS) is 13.0. The van der Waals surface area contributed by atoms with E-state index < -0.39 is 6.10 Å². The molecule has 0 aliphatic heterocycles. The maximum atomic E-state index is 11.3. The second-order valence-corrected chi connectivity index (χ2v) is 4.05. The Bertz CT molecular complexity index is 172. The summed E-state index contributed by atoms with van der Waals surface area (Å²) in [5.41, 5.74) is 5.19. The Kier molecular flexibility index (Phi) is 6.49. The molecule has 3 N–H and O–H groups in total. The highest BCUT2D eigenvalue weighted by atomic mass is 16.3. The lowest BCUT2D eigenvalue weighted by Crippen LogP contribution is -2.40. The van der Waals surface area contributed by atoms with Crippen LogP contribution >= 0.6 is 0 Å². The molecule has 0 rings (SSSR count). The van der Waals surface area contributed by atoms with Gasteiger partial charge in [0.2, 0.25) is 0 Å². The van der Waals surface area contributed by atoms with E-state index in [0.29, 0.717) is 12.5 Å². The van der Waals surface area contributed by atoms with E-state index in [1.165, 1.54) is 0 Å². The summed E-state index contributed by atoms with van der Waals surface area (Å²) < 4.78 is 0. The van der Waals surface area contributed by atoms with Crippen LogP contribution in [0.3, 0.4) is 0 Å². The number of carbonyl (C=O) groups excluding carboxylic acids is 1. The molecule has 1 amide bonds. The summed E-state index contributed by atoms with van der Waals surface area (Å²) in [6.45, 7) is 4.98. The molecule has 0 aromatic rings. The van der Waals surface area contributed by atoms with Gasteiger partial charge in [0.1, 0.15) is 6.10 Å². The lowest BCUT2D eigenvalue weighted by molar-refractivity contribution is -0.138. The summed E-state index contributed by atoms with van der Waals surface area (Å²) in [7, 11) is 1.70. The molecule has 4 heteroatoms. The zero-order chi connectivity index (χ0) is 11.1. The number of amides is 1. The van der Waals surface area contributed by atoms with Gasteiger partial charge in [0.25, 0.3) is 5.91 Å². The van der Waals surface area contributed by atoms with Gasteiger partial charge in [-0.2, -0.15) is 0 Å². The molecule has 1 atom stereocenters. The molecule has 0 aliphatic carbocycles. The lowest BCUT2D eigenvalue weighted by Gasteiger charge is -2.20. The van der Waals surface area contributed by atoms with Crippen LogP contribution in [-0.2, 0) is 4.79 Å². The summed E-state index contributed by atoms with van der Waals surface area (Å²) in [6, 6.07) is 0. The second kappa shape index (κ2) is 6.79. The number of likely N-dealkylation sites (N-methyl/N-ethyl adjacent to an activating group) is 1. The van der Waals surface area contributed by atoms with Gasteiger partial charge in [0, 0.05) is 20.1 Å². The van der Waals surface area contributed by atoms with Gasteiger partial charge >= 0.3 is 0 Å². The third-order valence-corrected chi connectivity index (χ3v) is 2.16. The zero-order valence-electron chi connectivity index (χ0n) is 9.36. The van der Waals surface area contributed by atoms with E-state index in [9.17, 15) is 9.90 Å². The molecule has 4 nitrogen and oxygen atoms in total. The third kappa shape index (κ3) is 5.19. The van der Waals surface area contributed by atoms with E-state index in [1.807, 2.05) is 0 Å². The number of nitrogens with two attached hydrogens (primary N) is 1. The van der Waals surface area contributed by atoms with Gasteiger partial charge in [-0.1, -0.05) is 13.8 Å². The minimum atomic E-state index is -1.04. The van der Waals surface area contributed by atoms with Crippen molar-refractivity contribution in [1.29, 1.82) is 0 Å². The van der Waals surface area contributed by atoms with Crippen LogP contribution in [0.4, 0.5) is 0 Å². The molecule has 0 aromatic carbocycles. The second-order valence-electron chi connectivity index (χ2n) is 4.05. The van der Waals surface area contributed by atoms with Crippen LogP contribution in [0.1, 0.15) is 26.7 Å². The van der Waals surface area contributed by atoms with Crippen molar-refractivity contribution >= 4 is 5.91 Å². The first kappa shape index (κ1) is 13.4. The molecular weight excluding hydrogens is 180 g/mol. The number of rotatable bonds is 6. The summed E-state index contributed by atoms with van der Waals surface area (Å²) in [5, 5.41) is 9.19. The van der Waals surface area contributed by atoms with Gasteiger partial charge in [0.05, 0.1) is 0 Å². The van der Waals surface area contributed by atoms with E-state index in [4.69, 9.17) is 5.73 Å². The fourth-order valence-electron chi connectivity index (χ4n) is 1.20. The fourth-order valence-corrected chi connectivity index (χ4v) is 1.20. The predicted molar refractivity (Wildman–Crippen MR) is 56.8 cm³/mol. The molecule has 1 unspecified atom stereocenters. The van der Waals surface area contributed by atoms with Gasteiger partial charge in [-0.15, -0.1) is 0 Å². The Hall–Kier alpha value is -0.610. The summed E-state index contributed by atoms with van der Waals surface area (Å²) in [6.07, 6.45) is 1.02. The topological polar surface area (TPSA) is 66.6 Å². The zero-order valence-corrected chi connectivity index (χ0v) is 9.36. The van der Waals surface area contributed by atoms with Crippen LogP contribution < -0.4 is 5.73 Å². The van der Waals surface area contributed by atoms with E-state index in [-0.39, 0.29) is 12.5 Å². The highest BCUT2D eigenvalue weighted by molar-refractivity contribution is 5.80. The van der Waals surface area contributed by atoms with Crippen molar-refractivity contribution in [3.8, 4) is 0 Å². The molecule has 0 radical (unpaired) electrons. The largest absolute Gasteiger partial charge is 0.382 e. The molecule has 84 valence electrons. The quantitative estimate of drug-likeness (QED) is 0.646. The van der Waals surface area contributed by atoms with Crippen molar-refractivity contribution in [1.82, 2.24) is 4.90 Å². The van der Waals surface area contributed by atoms with Crippen LogP contribution in [0, 0.1) is 5.92 Å². The lowest BCUT2D eigenvalue weighted by atomic mass is 10.1. The summed E-state index contributed by atoms with van der Waals surface area (Å²) in [4.78, 5) is 12.9. The van der Waals surface area contributed by atoms with E-state index in [0.717, 1.165) is 12.8 Å². The molecule has 0 saturated carbocycles. The fraction of sp³-hybridized carbons (Fsp3) is 0.900. The number of hydrogen-bond acceptors (Lipinski definition) is 3. The van der Waals surface area contributed by atoms with Crippen molar-refractivity contribution in [2.75, 3.05) is 20.1 Å². The monoisotopic (exact) mass is 202 g/mol. The van der Waals surface area contributed by atoms with Crippen LogP contribution in [0.2, 0.25) is 0 Å². The van der Waals surface area contributed by atoms with Gasteiger partial charge in [-0.05, 0) is 18.8 Å². The minimum absolute atomic E-state index is 0.00659. The van der Waals surface area contributed by atoms with Crippen molar-refractivity contribution in [3.63, 3.8) is 0 Å². The van der Waals surface area contributed by atoms with E-state index in [1.54, 1.807) is 11.9 Å². The Labute approximate surface area is 86.1 Å². The number of hydrogen-bond donors (Lipinski definition) is 2. The summed E-state index contributed by atoms with van der Waals surface area (Å²) in [5.74, 6) is 0.370. The van der Waals surface area contributed by atoms with Crippen molar-refractivity contribution in [2.45, 2.75) is 32.8 Å². The molecule has 0 fully saturated rings. The van der Waals surface area contributed by atoms with Crippen molar-refractivity contribution in [2.24, 2.45) is 11.7 Å². The Morgan fingerprint density at radius 2 is 2.07 bits per heavy atom. The SMILES string of the molecule is CC(C)CCCN(C)C(=O)C(O)CN.